The third-order valence-corrected chi connectivity index (χ3v) is 2.34. The molecule has 0 heterocycles. The second-order valence-corrected chi connectivity index (χ2v) is 3.85. The average Bonchev–Trinajstić information content (AvgIpc) is 2.24. The lowest BCUT2D eigenvalue weighted by molar-refractivity contribution is -0.138. The Bertz CT molecular complexity index is 219. The van der Waals surface area contributed by atoms with Crippen LogP contribution in [0, 0.1) is 5.92 Å². The molecule has 0 aromatic heterocycles. The predicted octanol–water partition coefficient (Wildman–Crippen LogP) is 0.603. The van der Waals surface area contributed by atoms with E-state index in [4.69, 9.17) is 5.11 Å². The number of hydrogen-bond donors (Lipinski definition) is 3. The fraction of sp³-hybridized carbons (Fsp3) is 0.818. The van der Waals surface area contributed by atoms with Crippen molar-refractivity contribution in [2.75, 3.05) is 19.6 Å². The van der Waals surface area contributed by atoms with Gasteiger partial charge >= 0.3 is 5.97 Å². The quantitative estimate of drug-likeness (QED) is 0.507. The first kappa shape index (κ1) is 14.9. The smallest absolute Gasteiger partial charge is 0.303 e. The topological polar surface area (TPSA) is 78.4 Å². The summed E-state index contributed by atoms with van der Waals surface area (Å²) in [5, 5.41) is 14.4. The molecule has 0 aliphatic heterocycles. The van der Waals surface area contributed by atoms with Crippen LogP contribution in [0.2, 0.25) is 0 Å². The van der Waals surface area contributed by atoms with Crippen LogP contribution in [0.5, 0.6) is 0 Å². The normalized spacial score (nSPS) is 12.1. The van der Waals surface area contributed by atoms with Crippen molar-refractivity contribution >= 4 is 11.9 Å². The highest BCUT2D eigenvalue weighted by molar-refractivity contribution is 5.78. The third kappa shape index (κ3) is 8.23. The molecule has 0 aliphatic rings. The molecule has 0 saturated heterocycles. The highest BCUT2D eigenvalue weighted by Gasteiger charge is 2.12. The van der Waals surface area contributed by atoms with Gasteiger partial charge in [0.15, 0.2) is 0 Å². The first-order chi connectivity index (χ1) is 7.60. The molecule has 0 radical (unpaired) electrons. The molecular weight excluding hydrogens is 208 g/mol. The lowest BCUT2D eigenvalue weighted by atomic mass is 10.0. The van der Waals surface area contributed by atoms with Crippen LogP contribution in [0.3, 0.4) is 0 Å². The third-order valence-electron chi connectivity index (χ3n) is 2.34. The van der Waals surface area contributed by atoms with Gasteiger partial charge in [0.1, 0.15) is 0 Å². The van der Waals surface area contributed by atoms with Gasteiger partial charge < -0.3 is 15.7 Å². The van der Waals surface area contributed by atoms with Crippen LogP contribution in [0.4, 0.5) is 0 Å². The number of rotatable bonds is 9. The minimum Gasteiger partial charge on any atom is -0.481 e. The fourth-order valence-corrected chi connectivity index (χ4v) is 1.31. The SMILES string of the molecule is CCCNCC(=O)NCC(CC)CC(=O)O. The molecule has 0 rings (SSSR count). The summed E-state index contributed by atoms with van der Waals surface area (Å²) in [7, 11) is 0. The summed E-state index contributed by atoms with van der Waals surface area (Å²) in [5.74, 6) is -0.866. The summed E-state index contributed by atoms with van der Waals surface area (Å²) in [6.45, 7) is 5.52. The van der Waals surface area contributed by atoms with Crippen molar-refractivity contribution in [3.63, 3.8) is 0 Å². The maximum Gasteiger partial charge on any atom is 0.303 e. The van der Waals surface area contributed by atoms with E-state index in [-0.39, 0.29) is 18.2 Å². The van der Waals surface area contributed by atoms with Gasteiger partial charge in [-0.3, -0.25) is 9.59 Å². The van der Waals surface area contributed by atoms with Gasteiger partial charge in [0.2, 0.25) is 5.91 Å². The van der Waals surface area contributed by atoms with Gasteiger partial charge in [-0.1, -0.05) is 20.3 Å². The van der Waals surface area contributed by atoms with E-state index in [0.29, 0.717) is 13.1 Å². The van der Waals surface area contributed by atoms with Crippen molar-refractivity contribution in [2.24, 2.45) is 5.92 Å². The molecule has 0 aromatic rings. The van der Waals surface area contributed by atoms with Gasteiger partial charge in [-0.15, -0.1) is 0 Å². The maximum absolute atomic E-state index is 11.3. The number of nitrogens with one attached hydrogen (secondary N) is 2. The molecular formula is C11H22N2O3. The Morgan fingerprint density at radius 2 is 2.00 bits per heavy atom. The number of carboxylic acids is 1. The number of aliphatic carboxylic acids is 1. The van der Waals surface area contributed by atoms with Crippen LogP contribution < -0.4 is 10.6 Å². The standard InChI is InChI=1S/C11H22N2O3/c1-3-5-12-8-10(14)13-7-9(4-2)6-11(15)16/h9,12H,3-8H2,1-2H3,(H,13,14)(H,15,16). The molecule has 1 amide bonds. The van der Waals surface area contributed by atoms with E-state index in [1.54, 1.807) is 0 Å². The molecule has 16 heavy (non-hydrogen) atoms. The predicted molar refractivity (Wildman–Crippen MR) is 62.2 cm³/mol. The Hall–Kier alpha value is -1.10. The number of hydrogen-bond acceptors (Lipinski definition) is 3. The van der Waals surface area contributed by atoms with Crippen LogP contribution >= 0.6 is 0 Å². The first-order valence-electron chi connectivity index (χ1n) is 5.79. The summed E-state index contributed by atoms with van der Waals surface area (Å²) < 4.78 is 0. The fourth-order valence-electron chi connectivity index (χ4n) is 1.31. The van der Waals surface area contributed by atoms with Gasteiger partial charge in [-0.05, 0) is 18.9 Å². The zero-order valence-corrected chi connectivity index (χ0v) is 10.1. The molecule has 0 aromatic carbocycles. The molecule has 1 unspecified atom stereocenters. The van der Waals surface area contributed by atoms with Crippen molar-refractivity contribution in [1.29, 1.82) is 0 Å². The van der Waals surface area contributed by atoms with Crippen molar-refractivity contribution in [1.82, 2.24) is 10.6 Å². The largest absolute Gasteiger partial charge is 0.481 e. The molecule has 0 aliphatic carbocycles. The van der Waals surface area contributed by atoms with Gasteiger partial charge in [0.05, 0.1) is 6.54 Å². The van der Waals surface area contributed by atoms with Crippen LogP contribution in [0.25, 0.3) is 0 Å². The minimum absolute atomic E-state index is 0.0209. The Morgan fingerprint density at radius 3 is 2.50 bits per heavy atom. The van der Waals surface area contributed by atoms with E-state index in [1.807, 2.05) is 13.8 Å². The van der Waals surface area contributed by atoms with Crippen molar-refractivity contribution in [2.45, 2.75) is 33.1 Å². The monoisotopic (exact) mass is 230 g/mol. The Morgan fingerprint density at radius 1 is 1.31 bits per heavy atom. The molecule has 0 fully saturated rings. The minimum atomic E-state index is -0.815. The molecule has 5 nitrogen and oxygen atoms in total. The van der Waals surface area contributed by atoms with Gasteiger partial charge in [0, 0.05) is 13.0 Å². The summed E-state index contributed by atoms with van der Waals surface area (Å²) >= 11 is 0. The van der Waals surface area contributed by atoms with E-state index >= 15 is 0 Å². The van der Waals surface area contributed by atoms with E-state index in [1.165, 1.54) is 0 Å². The van der Waals surface area contributed by atoms with Crippen LogP contribution in [-0.4, -0.2) is 36.6 Å². The van der Waals surface area contributed by atoms with Crippen molar-refractivity contribution in [3.8, 4) is 0 Å². The zero-order chi connectivity index (χ0) is 12.4. The lowest BCUT2D eigenvalue weighted by Crippen LogP contribution is -2.37. The number of carbonyl (C=O) groups excluding carboxylic acids is 1. The van der Waals surface area contributed by atoms with Gasteiger partial charge in [-0.25, -0.2) is 0 Å². The van der Waals surface area contributed by atoms with Crippen molar-refractivity contribution < 1.29 is 14.7 Å². The van der Waals surface area contributed by atoms with E-state index in [0.717, 1.165) is 19.4 Å². The number of carbonyl (C=O) groups is 2. The Balaban J connectivity index is 3.66. The lowest BCUT2D eigenvalue weighted by Gasteiger charge is -2.13. The molecule has 5 heteroatoms. The summed E-state index contributed by atoms with van der Waals surface area (Å²) in [6, 6.07) is 0. The summed E-state index contributed by atoms with van der Waals surface area (Å²) in [6.07, 6.45) is 1.86. The van der Waals surface area contributed by atoms with E-state index < -0.39 is 5.97 Å². The van der Waals surface area contributed by atoms with Crippen LogP contribution in [0.1, 0.15) is 33.1 Å². The summed E-state index contributed by atoms with van der Waals surface area (Å²) in [5.41, 5.74) is 0. The van der Waals surface area contributed by atoms with E-state index in [9.17, 15) is 9.59 Å². The molecule has 94 valence electrons. The molecule has 0 bridgehead atoms. The van der Waals surface area contributed by atoms with Gasteiger partial charge in [-0.2, -0.15) is 0 Å². The zero-order valence-electron chi connectivity index (χ0n) is 10.1. The first-order valence-corrected chi connectivity index (χ1v) is 5.79. The summed E-state index contributed by atoms with van der Waals surface area (Å²) in [4.78, 5) is 21.8. The number of carboxylic acid groups (broad SMARTS) is 1. The average molecular weight is 230 g/mol. The van der Waals surface area contributed by atoms with Crippen molar-refractivity contribution in [3.05, 3.63) is 0 Å². The second-order valence-electron chi connectivity index (χ2n) is 3.85. The highest BCUT2D eigenvalue weighted by atomic mass is 16.4. The van der Waals surface area contributed by atoms with Crippen LogP contribution in [-0.2, 0) is 9.59 Å². The Kier molecular flexibility index (Phi) is 8.52. The maximum atomic E-state index is 11.3. The molecule has 0 spiro atoms. The van der Waals surface area contributed by atoms with Crippen LogP contribution in [0.15, 0.2) is 0 Å². The Labute approximate surface area is 96.6 Å². The molecule has 3 N–H and O–H groups in total. The molecule has 0 saturated carbocycles. The second kappa shape index (κ2) is 9.15. The van der Waals surface area contributed by atoms with Gasteiger partial charge in [0.25, 0.3) is 0 Å². The highest BCUT2D eigenvalue weighted by Crippen LogP contribution is 2.06. The molecule has 1 atom stereocenters. The van der Waals surface area contributed by atoms with E-state index in [2.05, 4.69) is 10.6 Å². The number of amides is 1.